The number of oxime groups is 1. The lowest BCUT2D eigenvalue weighted by Gasteiger charge is -2.14. The molecule has 6 heteroatoms. The summed E-state index contributed by atoms with van der Waals surface area (Å²) < 4.78 is 0. The Balaban J connectivity index is 1.33. The van der Waals surface area contributed by atoms with Crippen LogP contribution in [0.2, 0.25) is 0 Å². The van der Waals surface area contributed by atoms with E-state index in [-0.39, 0.29) is 24.0 Å². The van der Waals surface area contributed by atoms with Gasteiger partial charge in [0.15, 0.2) is 0 Å². The quantitative estimate of drug-likeness (QED) is 0.868. The molecule has 0 unspecified atom stereocenters. The van der Waals surface area contributed by atoms with Gasteiger partial charge < -0.3 is 10.2 Å². The Hall–Kier alpha value is -3.15. The summed E-state index contributed by atoms with van der Waals surface area (Å²) in [4.78, 5) is 32.2. The van der Waals surface area contributed by atoms with Gasteiger partial charge in [0.25, 0.3) is 5.91 Å². The number of carbonyl (C=O) groups excluding carboxylic acids is 2. The van der Waals surface area contributed by atoms with Crippen molar-refractivity contribution in [2.75, 3.05) is 4.90 Å². The molecule has 3 amide bonds. The lowest BCUT2D eigenvalue weighted by molar-refractivity contribution is -0.120. The van der Waals surface area contributed by atoms with Gasteiger partial charge in [0.1, 0.15) is 11.6 Å². The van der Waals surface area contributed by atoms with Crippen molar-refractivity contribution in [2.45, 2.75) is 24.5 Å². The zero-order valence-corrected chi connectivity index (χ0v) is 14.0. The fourth-order valence-electron chi connectivity index (χ4n) is 3.94. The molecule has 1 aliphatic carbocycles. The average molecular weight is 347 g/mol. The summed E-state index contributed by atoms with van der Waals surface area (Å²) in [5, 5.41) is 7.09. The number of carbonyl (C=O) groups is 2. The molecule has 3 aliphatic rings. The summed E-state index contributed by atoms with van der Waals surface area (Å²) in [6.07, 6.45) is 1.04. The third kappa shape index (κ3) is 2.15. The average Bonchev–Trinajstić information content (AvgIpc) is 3.08. The van der Waals surface area contributed by atoms with Crippen molar-refractivity contribution < 1.29 is 14.4 Å². The van der Waals surface area contributed by atoms with E-state index in [1.807, 2.05) is 48.5 Å². The molecule has 6 nitrogen and oxygen atoms in total. The second-order valence-electron chi connectivity index (χ2n) is 6.94. The van der Waals surface area contributed by atoms with Crippen LogP contribution >= 0.6 is 0 Å². The molecule has 0 bridgehead atoms. The molecule has 3 atom stereocenters. The number of hydrogen-bond acceptors (Lipinski definition) is 4. The molecule has 2 aromatic rings. The highest BCUT2D eigenvalue weighted by Crippen LogP contribution is 2.52. The Morgan fingerprint density at radius 1 is 1.04 bits per heavy atom. The molecule has 0 radical (unpaired) electrons. The van der Waals surface area contributed by atoms with Crippen LogP contribution in [0.15, 0.2) is 65.8 Å². The summed E-state index contributed by atoms with van der Waals surface area (Å²) >= 11 is 0. The Bertz CT molecular complexity index is 912. The van der Waals surface area contributed by atoms with Crippen molar-refractivity contribution >= 4 is 23.3 Å². The third-order valence-corrected chi connectivity index (χ3v) is 5.40. The van der Waals surface area contributed by atoms with Crippen LogP contribution < -0.4 is 10.2 Å². The predicted molar refractivity (Wildman–Crippen MR) is 95.8 cm³/mol. The molecule has 0 aromatic heterocycles. The molecule has 26 heavy (non-hydrogen) atoms. The second-order valence-corrected chi connectivity index (χ2v) is 6.94. The third-order valence-electron chi connectivity index (χ3n) is 5.40. The number of nitrogens with zero attached hydrogens (tertiary/aromatic N) is 2. The zero-order chi connectivity index (χ0) is 17.7. The molecule has 1 saturated carbocycles. The Morgan fingerprint density at radius 3 is 2.46 bits per heavy atom. The first-order valence-electron chi connectivity index (χ1n) is 8.69. The minimum Gasteiger partial charge on any atom is -0.391 e. The maximum atomic E-state index is 13.0. The Kier molecular flexibility index (Phi) is 3.16. The van der Waals surface area contributed by atoms with Crippen LogP contribution in [0.4, 0.5) is 10.5 Å². The molecule has 5 rings (SSSR count). The van der Waals surface area contributed by atoms with Gasteiger partial charge in [0, 0.05) is 12.3 Å². The number of nitrogens with one attached hydrogen (secondary N) is 1. The number of benzene rings is 2. The molecule has 1 N–H and O–H groups in total. The summed E-state index contributed by atoms with van der Waals surface area (Å²) in [5.41, 5.74) is 1.65. The zero-order valence-electron chi connectivity index (χ0n) is 14.0. The SMILES string of the molecule is O=C1N[C@@]2(C[C@H]2[C@@H]2CC(c3ccccc3)=NO2)C(=O)N1c1ccccc1. The highest BCUT2D eigenvalue weighted by Gasteiger charge is 2.70. The molecule has 2 aromatic carbocycles. The van der Waals surface area contributed by atoms with Gasteiger partial charge in [-0.15, -0.1) is 0 Å². The number of para-hydroxylation sites is 1. The first kappa shape index (κ1) is 15.1. The van der Waals surface area contributed by atoms with E-state index in [9.17, 15) is 9.59 Å². The topological polar surface area (TPSA) is 71.0 Å². The van der Waals surface area contributed by atoms with E-state index in [1.54, 1.807) is 12.1 Å². The molecule has 1 spiro atoms. The molecule has 2 heterocycles. The first-order valence-corrected chi connectivity index (χ1v) is 8.69. The smallest absolute Gasteiger partial charge is 0.329 e. The van der Waals surface area contributed by atoms with E-state index >= 15 is 0 Å². The molecular formula is C20H17N3O3. The van der Waals surface area contributed by atoms with Gasteiger partial charge in [-0.3, -0.25) is 4.79 Å². The van der Waals surface area contributed by atoms with Crippen molar-refractivity contribution in [1.29, 1.82) is 0 Å². The van der Waals surface area contributed by atoms with Crippen LogP contribution in [0.1, 0.15) is 18.4 Å². The van der Waals surface area contributed by atoms with Crippen LogP contribution in [0.3, 0.4) is 0 Å². The lowest BCUT2D eigenvalue weighted by Crippen LogP contribution is -2.37. The summed E-state index contributed by atoms with van der Waals surface area (Å²) in [6.45, 7) is 0. The largest absolute Gasteiger partial charge is 0.391 e. The van der Waals surface area contributed by atoms with E-state index in [0.717, 1.165) is 11.3 Å². The van der Waals surface area contributed by atoms with Crippen molar-refractivity contribution in [1.82, 2.24) is 5.32 Å². The normalized spacial score (nSPS) is 29.5. The number of urea groups is 1. The monoisotopic (exact) mass is 347 g/mol. The highest BCUT2D eigenvalue weighted by molar-refractivity contribution is 6.24. The van der Waals surface area contributed by atoms with Crippen molar-refractivity contribution in [2.24, 2.45) is 11.1 Å². The minimum absolute atomic E-state index is 0.0578. The fraction of sp³-hybridized carbons (Fsp3) is 0.250. The summed E-state index contributed by atoms with van der Waals surface area (Å²) in [6, 6.07) is 18.5. The van der Waals surface area contributed by atoms with Crippen LogP contribution in [0.25, 0.3) is 0 Å². The summed E-state index contributed by atoms with van der Waals surface area (Å²) in [7, 11) is 0. The van der Waals surface area contributed by atoms with Gasteiger partial charge in [0.05, 0.1) is 11.4 Å². The number of anilines is 1. The van der Waals surface area contributed by atoms with E-state index in [2.05, 4.69) is 10.5 Å². The molecule has 2 fully saturated rings. The van der Waals surface area contributed by atoms with Gasteiger partial charge in [0.2, 0.25) is 0 Å². The number of rotatable bonds is 3. The van der Waals surface area contributed by atoms with Crippen LogP contribution in [0, 0.1) is 5.92 Å². The van der Waals surface area contributed by atoms with Gasteiger partial charge >= 0.3 is 6.03 Å². The van der Waals surface area contributed by atoms with Crippen molar-refractivity contribution in [3.63, 3.8) is 0 Å². The van der Waals surface area contributed by atoms with E-state index in [1.165, 1.54) is 4.90 Å². The summed E-state index contributed by atoms with van der Waals surface area (Å²) in [5.74, 6) is -0.256. The fourth-order valence-corrected chi connectivity index (χ4v) is 3.94. The number of imide groups is 1. The minimum atomic E-state index is -0.848. The molecular weight excluding hydrogens is 330 g/mol. The number of hydrogen-bond donors (Lipinski definition) is 1. The van der Waals surface area contributed by atoms with E-state index < -0.39 is 5.54 Å². The maximum absolute atomic E-state index is 13.0. The van der Waals surface area contributed by atoms with E-state index in [0.29, 0.717) is 18.5 Å². The Labute approximate surface area is 150 Å². The van der Waals surface area contributed by atoms with Gasteiger partial charge in [-0.1, -0.05) is 53.7 Å². The van der Waals surface area contributed by atoms with Gasteiger partial charge in [-0.2, -0.15) is 0 Å². The maximum Gasteiger partial charge on any atom is 0.329 e. The van der Waals surface area contributed by atoms with Crippen LogP contribution in [-0.4, -0.2) is 29.3 Å². The number of amides is 3. The first-order chi connectivity index (χ1) is 12.7. The highest BCUT2D eigenvalue weighted by atomic mass is 16.6. The standard InChI is InChI=1S/C20H17N3O3/c24-18-20(21-19(25)23(18)14-9-5-2-6-10-14)12-15(20)17-11-16(22-26-17)13-7-3-1-4-8-13/h1-10,15,17H,11-12H2,(H,21,25)/t15-,17-,20+/m0/s1. The molecule has 2 aliphatic heterocycles. The molecule has 1 saturated heterocycles. The predicted octanol–water partition coefficient (Wildman–Crippen LogP) is 2.69. The van der Waals surface area contributed by atoms with Crippen molar-refractivity contribution in [3.8, 4) is 0 Å². The Morgan fingerprint density at radius 2 is 1.73 bits per heavy atom. The van der Waals surface area contributed by atoms with Gasteiger partial charge in [-0.25, -0.2) is 9.69 Å². The van der Waals surface area contributed by atoms with Crippen LogP contribution in [0.5, 0.6) is 0 Å². The second kappa shape index (κ2) is 5.42. The van der Waals surface area contributed by atoms with Crippen LogP contribution in [-0.2, 0) is 9.63 Å². The van der Waals surface area contributed by atoms with E-state index in [4.69, 9.17) is 4.84 Å². The lowest BCUT2D eigenvalue weighted by atomic mass is 10.0. The van der Waals surface area contributed by atoms with Gasteiger partial charge in [-0.05, 0) is 24.1 Å². The molecule has 130 valence electrons. The van der Waals surface area contributed by atoms with Crippen molar-refractivity contribution in [3.05, 3.63) is 66.2 Å².